The largest absolute Gasteiger partial charge is 0.488 e. The van der Waals surface area contributed by atoms with Gasteiger partial charge in [0.25, 0.3) is 0 Å². The van der Waals surface area contributed by atoms with Crippen molar-refractivity contribution in [1.82, 2.24) is 10.3 Å². The minimum absolute atomic E-state index is 0.0186. The zero-order chi connectivity index (χ0) is 14.7. The molecule has 1 atom stereocenters. The van der Waals surface area contributed by atoms with Gasteiger partial charge in [-0.25, -0.2) is 0 Å². The van der Waals surface area contributed by atoms with E-state index < -0.39 is 0 Å². The Labute approximate surface area is 125 Å². The van der Waals surface area contributed by atoms with E-state index in [1.165, 1.54) is 12.8 Å². The first kappa shape index (κ1) is 14.3. The molecule has 1 aromatic carbocycles. The van der Waals surface area contributed by atoms with Crippen molar-refractivity contribution in [2.75, 3.05) is 13.7 Å². The van der Waals surface area contributed by atoms with Crippen molar-refractivity contribution in [1.29, 1.82) is 0 Å². The molecule has 1 heterocycles. The molecular weight excluding hydrogens is 264 g/mol. The molecule has 1 aliphatic carbocycles. The van der Waals surface area contributed by atoms with Gasteiger partial charge in [-0.3, -0.25) is 4.98 Å². The Hall–Kier alpha value is -1.65. The van der Waals surface area contributed by atoms with Gasteiger partial charge in [0.1, 0.15) is 11.9 Å². The first-order chi connectivity index (χ1) is 10.3. The van der Waals surface area contributed by atoms with Gasteiger partial charge in [-0.15, -0.1) is 0 Å². The molecule has 1 saturated carbocycles. The molecule has 2 aromatic rings. The zero-order valence-electron chi connectivity index (χ0n) is 12.6. The van der Waals surface area contributed by atoms with Crippen LogP contribution in [0.1, 0.15) is 25.5 Å². The highest BCUT2D eigenvalue weighted by molar-refractivity contribution is 5.85. The molecule has 0 amide bonds. The predicted octanol–water partition coefficient (Wildman–Crippen LogP) is 2.90. The molecule has 0 radical (unpaired) electrons. The number of nitrogens with one attached hydrogen (secondary N) is 1. The first-order valence-electron chi connectivity index (χ1n) is 7.54. The number of benzene rings is 1. The summed E-state index contributed by atoms with van der Waals surface area (Å²) >= 11 is 0. The Kier molecular flexibility index (Phi) is 4.36. The Morgan fingerprint density at radius 3 is 2.90 bits per heavy atom. The summed E-state index contributed by atoms with van der Waals surface area (Å²) in [6, 6.07) is 10.8. The quantitative estimate of drug-likeness (QED) is 0.850. The SMILES string of the molecule is COCC(C)Oc1cc(CNC2CC2)nc2ccccc12. The fraction of sp³-hybridized carbons (Fsp3) is 0.471. The van der Waals surface area contributed by atoms with Crippen molar-refractivity contribution in [2.24, 2.45) is 0 Å². The Morgan fingerprint density at radius 2 is 2.14 bits per heavy atom. The molecule has 1 N–H and O–H groups in total. The molecule has 1 unspecified atom stereocenters. The molecular formula is C17H22N2O2. The molecule has 1 fully saturated rings. The van der Waals surface area contributed by atoms with Crippen LogP contribution in [0.3, 0.4) is 0 Å². The molecule has 21 heavy (non-hydrogen) atoms. The van der Waals surface area contributed by atoms with Crippen LogP contribution in [0.5, 0.6) is 5.75 Å². The lowest BCUT2D eigenvalue weighted by Crippen LogP contribution is -2.19. The normalized spacial score (nSPS) is 16.1. The maximum Gasteiger partial charge on any atom is 0.131 e. The number of pyridine rings is 1. The van der Waals surface area contributed by atoms with Crippen LogP contribution in [0.25, 0.3) is 10.9 Å². The summed E-state index contributed by atoms with van der Waals surface area (Å²) in [6.45, 7) is 3.39. The third-order valence-corrected chi connectivity index (χ3v) is 3.61. The number of hydrogen-bond donors (Lipinski definition) is 1. The van der Waals surface area contributed by atoms with E-state index >= 15 is 0 Å². The molecule has 0 saturated heterocycles. The second-order valence-electron chi connectivity index (χ2n) is 5.67. The fourth-order valence-electron chi connectivity index (χ4n) is 2.41. The lowest BCUT2D eigenvalue weighted by atomic mass is 10.1. The molecule has 0 spiro atoms. The minimum atomic E-state index is 0.0186. The molecule has 0 bridgehead atoms. The van der Waals surface area contributed by atoms with Crippen LogP contribution in [-0.4, -0.2) is 30.8 Å². The van der Waals surface area contributed by atoms with Gasteiger partial charge in [0.2, 0.25) is 0 Å². The average molecular weight is 286 g/mol. The van der Waals surface area contributed by atoms with Gasteiger partial charge in [-0.2, -0.15) is 0 Å². The van der Waals surface area contributed by atoms with E-state index in [1.807, 2.05) is 31.2 Å². The topological polar surface area (TPSA) is 43.4 Å². The van der Waals surface area contributed by atoms with Crippen molar-refractivity contribution in [2.45, 2.75) is 38.5 Å². The Bertz CT molecular complexity index is 611. The Balaban J connectivity index is 1.86. The van der Waals surface area contributed by atoms with Crippen molar-refractivity contribution in [3.8, 4) is 5.75 Å². The number of aromatic nitrogens is 1. The average Bonchev–Trinajstić information content (AvgIpc) is 3.29. The van der Waals surface area contributed by atoms with Crippen LogP contribution in [0, 0.1) is 0 Å². The van der Waals surface area contributed by atoms with Crippen molar-refractivity contribution < 1.29 is 9.47 Å². The Morgan fingerprint density at radius 1 is 1.33 bits per heavy atom. The van der Waals surface area contributed by atoms with E-state index in [4.69, 9.17) is 14.5 Å². The van der Waals surface area contributed by atoms with E-state index in [1.54, 1.807) is 7.11 Å². The summed E-state index contributed by atoms with van der Waals surface area (Å²) in [4.78, 5) is 4.72. The van der Waals surface area contributed by atoms with Crippen LogP contribution in [0.15, 0.2) is 30.3 Å². The summed E-state index contributed by atoms with van der Waals surface area (Å²) in [7, 11) is 1.69. The van der Waals surface area contributed by atoms with Crippen LogP contribution in [0.4, 0.5) is 0 Å². The number of fused-ring (bicyclic) bond motifs is 1. The third kappa shape index (κ3) is 3.71. The summed E-state index contributed by atoms with van der Waals surface area (Å²) < 4.78 is 11.2. The second kappa shape index (κ2) is 6.41. The molecule has 3 rings (SSSR count). The van der Waals surface area contributed by atoms with E-state index in [2.05, 4.69) is 11.4 Å². The highest BCUT2D eigenvalue weighted by Gasteiger charge is 2.20. The number of para-hydroxylation sites is 1. The van der Waals surface area contributed by atoms with Gasteiger partial charge in [0.05, 0.1) is 17.8 Å². The van der Waals surface area contributed by atoms with Crippen LogP contribution < -0.4 is 10.1 Å². The van der Waals surface area contributed by atoms with Gasteiger partial charge >= 0.3 is 0 Å². The summed E-state index contributed by atoms with van der Waals surface area (Å²) in [5.74, 6) is 0.887. The van der Waals surface area contributed by atoms with E-state index in [0.717, 1.165) is 28.9 Å². The van der Waals surface area contributed by atoms with E-state index in [9.17, 15) is 0 Å². The minimum Gasteiger partial charge on any atom is -0.488 e. The summed E-state index contributed by atoms with van der Waals surface area (Å²) in [6.07, 6.45) is 2.58. The molecule has 1 aromatic heterocycles. The van der Waals surface area contributed by atoms with Crippen molar-refractivity contribution in [3.05, 3.63) is 36.0 Å². The van der Waals surface area contributed by atoms with E-state index in [-0.39, 0.29) is 6.10 Å². The lowest BCUT2D eigenvalue weighted by molar-refractivity contribution is 0.0930. The number of hydrogen-bond acceptors (Lipinski definition) is 4. The highest BCUT2D eigenvalue weighted by atomic mass is 16.5. The number of ether oxygens (including phenoxy) is 2. The van der Waals surface area contributed by atoms with Crippen LogP contribution in [-0.2, 0) is 11.3 Å². The van der Waals surface area contributed by atoms with Gasteiger partial charge in [0, 0.05) is 31.1 Å². The van der Waals surface area contributed by atoms with Gasteiger partial charge < -0.3 is 14.8 Å². The lowest BCUT2D eigenvalue weighted by Gasteiger charge is -2.16. The maximum atomic E-state index is 6.04. The molecule has 112 valence electrons. The first-order valence-corrected chi connectivity index (χ1v) is 7.54. The summed E-state index contributed by atoms with van der Waals surface area (Å²) in [5, 5.41) is 4.55. The zero-order valence-corrected chi connectivity index (χ0v) is 12.6. The monoisotopic (exact) mass is 286 g/mol. The van der Waals surface area contributed by atoms with Gasteiger partial charge in [-0.05, 0) is 31.9 Å². The number of methoxy groups -OCH3 is 1. The standard InChI is InChI=1S/C17H22N2O2/c1-12(11-20-2)21-17-9-14(10-18-13-7-8-13)19-16-6-4-3-5-15(16)17/h3-6,9,12-13,18H,7-8,10-11H2,1-2H3. The predicted molar refractivity (Wildman–Crippen MR) is 83.6 cm³/mol. The molecule has 4 nitrogen and oxygen atoms in total. The maximum absolute atomic E-state index is 6.04. The third-order valence-electron chi connectivity index (χ3n) is 3.61. The smallest absolute Gasteiger partial charge is 0.131 e. The van der Waals surface area contributed by atoms with Gasteiger partial charge in [-0.1, -0.05) is 12.1 Å². The van der Waals surface area contributed by atoms with E-state index in [0.29, 0.717) is 12.6 Å². The number of nitrogens with zero attached hydrogens (tertiary/aromatic N) is 1. The molecule has 0 aliphatic heterocycles. The number of rotatable bonds is 7. The summed E-state index contributed by atoms with van der Waals surface area (Å²) in [5.41, 5.74) is 2.01. The van der Waals surface area contributed by atoms with Crippen LogP contribution in [0.2, 0.25) is 0 Å². The second-order valence-corrected chi connectivity index (χ2v) is 5.67. The fourth-order valence-corrected chi connectivity index (χ4v) is 2.41. The molecule has 4 heteroatoms. The van der Waals surface area contributed by atoms with Crippen molar-refractivity contribution >= 4 is 10.9 Å². The van der Waals surface area contributed by atoms with Crippen LogP contribution >= 0.6 is 0 Å². The molecule has 1 aliphatic rings. The van der Waals surface area contributed by atoms with Gasteiger partial charge in [0.15, 0.2) is 0 Å². The van der Waals surface area contributed by atoms with Crippen molar-refractivity contribution in [3.63, 3.8) is 0 Å². The highest BCUT2D eigenvalue weighted by Crippen LogP contribution is 2.27.